The highest BCUT2D eigenvalue weighted by Crippen LogP contribution is 2.10. The Kier molecular flexibility index (Phi) is 18.9. The van der Waals surface area contributed by atoms with Gasteiger partial charge >= 0.3 is 0 Å². The lowest BCUT2D eigenvalue weighted by Crippen LogP contribution is -2.39. The molecule has 0 aromatic rings. The van der Waals surface area contributed by atoms with Gasteiger partial charge in [-0.2, -0.15) is 0 Å². The Morgan fingerprint density at radius 1 is 0.545 bits per heavy atom. The van der Waals surface area contributed by atoms with Crippen LogP contribution in [0.1, 0.15) is 111 Å². The van der Waals surface area contributed by atoms with E-state index in [4.69, 9.17) is 0 Å². The molecule has 0 heterocycles. The summed E-state index contributed by atoms with van der Waals surface area (Å²) in [4.78, 5) is 0. The summed E-state index contributed by atoms with van der Waals surface area (Å²) in [5, 5.41) is 2.41. The lowest BCUT2D eigenvalue weighted by molar-refractivity contribution is 0.192. The van der Waals surface area contributed by atoms with Gasteiger partial charge in [0.15, 0.2) is 0 Å². The summed E-state index contributed by atoms with van der Waals surface area (Å²) in [6, 6.07) is 0. The van der Waals surface area contributed by atoms with E-state index in [0.29, 0.717) is 0 Å². The Labute approximate surface area is 141 Å². The molecule has 0 atom stereocenters. The van der Waals surface area contributed by atoms with Crippen LogP contribution in [0.25, 0.3) is 0 Å². The van der Waals surface area contributed by atoms with Gasteiger partial charge < -0.3 is 0 Å². The Hall–Kier alpha value is -0.0800. The molecule has 1 N–H and O–H groups in total. The molecule has 0 aliphatic heterocycles. The van der Waals surface area contributed by atoms with Crippen LogP contribution in [0.15, 0.2) is 0 Å². The molecule has 0 aliphatic carbocycles. The van der Waals surface area contributed by atoms with Crippen molar-refractivity contribution in [2.45, 2.75) is 111 Å². The van der Waals surface area contributed by atoms with E-state index in [1.165, 1.54) is 96.4 Å². The standard InChI is InChI=1S/C20H44N2/c1-4-7-9-11-12-13-14-15-16-17-19-21-22(6-3)20-18-10-8-5-2/h21H,4-20H2,1-3H3. The van der Waals surface area contributed by atoms with E-state index in [2.05, 4.69) is 31.2 Å². The number of hydrogen-bond donors (Lipinski definition) is 1. The molecule has 0 aromatic heterocycles. The fourth-order valence-corrected chi connectivity index (χ4v) is 2.93. The highest BCUT2D eigenvalue weighted by Gasteiger charge is 2.00. The van der Waals surface area contributed by atoms with Crippen molar-refractivity contribution in [3.05, 3.63) is 0 Å². The summed E-state index contributed by atoms with van der Waals surface area (Å²) in [7, 11) is 0. The van der Waals surface area contributed by atoms with Crippen molar-refractivity contribution in [1.82, 2.24) is 10.4 Å². The summed E-state index contributed by atoms with van der Waals surface area (Å²) in [5.41, 5.74) is 3.60. The Morgan fingerprint density at radius 2 is 1.00 bits per heavy atom. The molecule has 22 heavy (non-hydrogen) atoms. The second-order valence-corrected chi connectivity index (χ2v) is 6.73. The second kappa shape index (κ2) is 19.0. The first-order valence-corrected chi connectivity index (χ1v) is 10.3. The zero-order chi connectivity index (χ0) is 16.3. The molecule has 0 aliphatic rings. The molecule has 0 fully saturated rings. The maximum absolute atomic E-state index is 3.60. The monoisotopic (exact) mass is 312 g/mol. The second-order valence-electron chi connectivity index (χ2n) is 6.73. The number of nitrogens with one attached hydrogen (secondary N) is 1. The van der Waals surface area contributed by atoms with Crippen molar-refractivity contribution in [2.24, 2.45) is 0 Å². The topological polar surface area (TPSA) is 15.3 Å². The van der Waals surface area contributed by atoms with Crippen molar-refractivity contribution >= 4 is 0 Å². The maximum Gasteiger partial charge on any atom is 0.0130 e. The molecule has 0 amide bonds. The Balaban J connectivity index is 3.22. The van der Waals surface area contributed by atoms with Crippen LogP contribution in [-0.4, -0.2) is 24.6 Å². The largest absolute Gasteiger partial charge is 0.255 e. The van der Waals surface area contributed by atoms with Crippen LogP contribution < -0.4 is 5.43 Å². The van der Waals surface area contributed by atoms with Crippen LogP contribution in [-0.2, 0) is 0 Å². The quantitative estimate of drug-likeness (QED) is 0.235. The molecule has 0 bridgehead atoms. The van der Waals surface area contributed by atoms with Crippen molar-refractivity contribution in [1.29, 1.82) is 0 Å². The first-order valence-electron chi connectivity index (χ1n) is 10.3. The number of hydrazine groups is 1. The van der Waals surface area contributed by atoms with Gasteiger partial charge in [0.2, 0.25) is 0 Å². The van der Waals surface area contributed by atoms with Crippen LogP contribution >= 0.6 is 0 Å². The molecule has 0 saturated heterocycles. The molecular weight excluding hydrogens is 268 g/mol. The number of rotatable bonds is 18. The SMILES string of the molecule is CCCCCCCCCCCCNN(CC)CCCCCC. The Bertz CT molecular complexity index is 194. The van der Waals surface area contributed by atoms with Crippen molar-refractivity contribution < 1.29 is 0 Å². The van der Waals surface area contributed by atoms with Crippen LogP contribution in [0.2, 0.25) is 0 Å². The average Bonchev–Trinajstić information content (AvgIpc) is 2.54. The van der Waals surface area contributed by atoms with E-state index in [1.807, 2.05) is 0 Å². The summed E-state index contributed by atoms with van der Waals surface area (Å²) >= 11 is 0. The molecule has 0 rings (SSSR count). The minimum absolute atomic E-state index is 1.13. The van der Waals surface area contributed by atoms with Gasteiger partial charge in [0, 0.05) is 19.6 Å². The minimum Gasteiger partial charge on any atom is -0.255 e. The molecule has 0 saturated carbocycles. The van der Waals surface area contributed by atoms with Gasteiger partial charge in [0.1, 0.15) is 0 Å². The molecule has 0 spiro atoms. The summed E-state index contributed by atoms with van der Waals surface area (Å²) in [6.07, 6.45) is 19.7. The minimum atomic E-state index is 1.13. The normalized spacial score (nSPS) is 11.5. The van der Waals surface area contributed by atoms with Crippen LogP contribution in [0.4, 0.5) is 0 Å². The van der Waals surface area contributed by atoms with E-state index in [1.54, 1.807) is 0 Å². The maximum atomic E-state index is 3.60. The highest BCUT2D eigenvalue weighted by molar-refractivity contribution is 4.53. The zero-order valence-corrected chi connectivity index (χ0v) is 16.0. The number of hydrogen-bond acceptors (Lipinski definition) is 2. The summed E-state index contributed by atoms with van der Waals surface area (Å²) < 4.78 is 0. The van der Waals surface area contributed by atoms with Gasteiger partial charge in [-0.3, -0.25) is 5.43 Å². The third-order valence-electron chi connectivity index (χ3n) is 4.53. The molecule has 0 aromatic carbocycles. The van der Waals surface area contributed by atoms with E-state index in [-0.39, 0.29) is 0 Å². The van der Waals surface area contributed by atoms with Crippen LogP contribution in [0, 0.1) is 0 Å². The average molecular weight is 313 g/mol. The van der Waals surface area contributed by atoms with Gasteiger partial charge in [0.05, 0.1) is 0 Å². The lowest BCUT2D eigenvalue weighted by Gasteiger charge is -2.21. The summed E-state index contributed by atoms with van der Waals surface area (Å²) in [5.74, 6) is 0. The summed E-state index contributed by atoms with van der Waals surface area (Å²) in [6.45, 7) is 10.3. The Morgan fingerprint density at radius 3 is 1.50 bits per heavy atom. The van der Waals surface area contributed by atoms with E-state index in [0.717, 1.165) is 13.1 Å². The van der Waals surface area contributed by atoms with E-state index in [9.17, 15) is 0 Å². The van der Waals surface area contributed by atoms with Crippen LogP contribution in [0.3, 0.4) is 0 Å². The van der Waals surface area contributed by atoms with E-state index < -0.39 is 0 Å². The number of nitrogens with zero attached hydrogens (tertiary/aromatic N) is 1. The third kappa shape index (κ3) is 16.3. The van der Waals surface area contributed by atoms with Gasteiger partial charge in [-0.05, 0) is 12.8 Å². The zero-order valence-electron chi connectivity index (χ0n) is 16.0. The highest BCUT2D eigenvalue weighted by atomic mass is 15.5. The predicted octanol–water partition coefficient (Wildman–Crippen LogP) is 6.31. The van der Waals surface area contributed by atoms with Crippen molar-refractivity contribution in [2.75, 3.05) is 19.6 Å². The first-order chi connectivity index (χ1) is 10.8. The van der Waals surface area contributed by atoms with E-state index >= 15 is 0 Å². The molecule has 0 unspecified atom stereocenters. The third-order valence-corrected chi connectivity index (χ3v) is 4.53. The molecule has 2 heteroatoms. The fraction of sp³-hybridized carbons (Fsp3) is 1.00. The molecule has 134 valence electrons. The van der Waals surface area contributed by atoms with Gasteiger partial charge in [-0.1, -0.05) is 97.8 Å². The fourth-order valence-electron chi connectivity index (χ4n) is 2.93. The van der Waals surface area contributed by atoms with Gasteiger partial charge in [-0.15, -0.1) is 0 Å². The number of unbranched alkanes of at least 4 members (excludes halogenated alkanes) is 12. The van der Waals surface area contributed by atoms with Crippen molar-refractivity contribution in [3.8, 4) is 0 Å². The lowest BCUT2D eigenvalue weighted by atomic mass is 10.1. The van der Waals surface area contributed by atoms with Crippen LogP contribution in [0.5, 0.6) is 0 Å². The molecular formula is C20H44N2. The van der Waals surface area contributed by atoms with Gasteiger partial charge in [0.25, 0.3) is 0 Å². The van der Waals surface area contributed by atoms with Crippen molar-refractivity contribution in [3.63, 3.8) is 0 Å². The molecule has 2 nitrogen and oxygen atoms in total. The van der Waals surface area contributed by atoms with Gasteiger partial charge in [-0.25, -0.2) is 5.01 Å². The smallest absolute Gasteiger partial charge is 0.0130 e. The first kappa shape index (κ1) is 21.9. The molecule has 0 radical (unpaired) electrons. The predicted molar refractivity (Wildman–Crippen MR) is 101 cm³/mol.